The predicted molar refractivity (Wildman–Crippen MR) is 103 cm³/mol. The van der Waals surface area contributed by atoms with Gasteiger partial charge in [0.15, 0.2) is 5.76 Å². The Bertz CT molecular complexity index is 1040. The molecule has 0 saturated heterocycles. The summed E-state index contributed by atoms with van der Waals surface area (Å²) >= 11 is 1.56. The van der Waals surface area contributed by atoms with Crippen molar-refractivity contribution >= 4 is 35.0 Å². The summed E-state index contributed by atoms with van der Waals surface area (Å²) in [5.41, 5.74) is 2.30. The lowest BCUT2D eigenvalue weighted by Gasteiger charge is -2.23. The molecular formula is C21H16N2O3S. The summed E-state index contributed by atoms with van der Waals surface area (Å²) in [7, 11) is 0. The Hall–Kier alpha value is -2.99. The number of carbonyl (C=O) groups excluding carboxylic acids is 2. The van der Waals surface area contributed by atoms with Crippen LogP contribution in [0, 0.1) is 0 Å². The van der Waals surface area contributed by atoms with E-state index in [1.54, 1.807) is 23.9 Å². The zero-order valence-electron chi connectivity index (χ0n) is 14.3. The quantitative estimate of drug-likeness (QED) is 0.713. The number of carbonyl (C=O) groups is 2. The summed E-state index contributed by atoms with van der Waals surface area (Å²) in [5, 5.41) is 2.86. The molecule has 1 aliphatic carbocycles. The summed E-state index contributed by atoms with van der Waals surface area (Å²) in [6, 6.07) is 16.9. The number of hydrogen-bond acceptors (Lipinski definition) is 4. The van der Waals surface area contributed by atoms with Crippen molar-refractivity contribution in [3.05, 3.63) is 72.2 Å². The second-order valence-corrected chi connectivity index (χ2v) is 7.70. The van der Waals surface area contributed by atoms with Crippen LogP contribution in [0.2, 0.25) is 0 Å². The average Bonchev–Trinajstić information content (AvgIpc) is 3.37. The van der Waals surface area contributed by atoms with Crippen LogP contribution in [-0.2, 0) is 0 Å². The lowest BCUT2D eigenvalue weighted by atomic mass is 10.1. The highest BCUT2D eigenvalue weighted by Gasteiger charge is 2.38. The molecule has 2 heterocycles. The van der Waals surface area contributed by atoms with Crippen molar-refractivity contribution in [2.24, 2.45) is 0 Å². The summed E-state index contributed by atoms with van der Waals surface area (Å²) in [5.74, 6) is 0.0125. The van der Waals surface area contributed by atoms with Gasteiger partial charge in [0, 0.05) is 21.5 Å². The van der Waals surface area contributed by atoms with Gasteiger partial charge in [-0.15, -0.1) is 0 Å². The molecule has 1 fully saturated rings. The van der Waals surface area contributed by atoms with Gasteiger partial charge in [0.2, 0.25) is 0 Å². The maximum Gasteiger partial charge on any atom is 0.291 e. The minimum Gasteiger partial charge on any atom is -0.459 e. The summed E-state index contributed by atoms with van der Waals surface area (Å²) in [6.07, 6.45) is 3.52. The van der Waals surface area contributed by atoms with Crippen LogP contribution in [0.1, 0.15) is 33.8 Å². The fraction of sp³-hybridized carbons (Fsp3) is 0.143. The molecule has 5 rings (SSSR count). The lowest BCUT2D eigenvalue weighted by molar-refractivity contribution is 0.0979. The van der Waals surface area contributed by atoms with E-state index in [2.05, 4.69) is 5.32 Å². The Morgan fingerprint density at radius 1 is 1.07 bits per heavy atom. The van der Waals surface area contributed by atoms with Crippen LogP contribution in [-0.4, -0.2) is 17.9 Å². The van der Waals surface area contributed by atoms with E-state index in [9.17, 15) is 9.59 Å². The van der Waals surface area contributed by atoms with Gasteiger partial charge in [0.05, 0.1) is 17.5 Å². The molecule has 0 spiro atoms. The standard InChI is InChI=1S/C21H16N2O3S/c24-20(17-5-3-11-26-17)22-13-7-10-16-19(12-13)27-18-6-2-1-4-15(18)21(25)23(16)14-8-9-14/h1-7,10-12,14H,8-9H2,(H,22,24). The molecule has 2 aromatic carbocycles. The zero-order valence-corrected chi connectivity index (χ0v) is 15.2. The summed E-state index contributed by atoms with van der Waals surface area (Å²) < 4.78 is 5.15. The molecule has 134 valence electrons. The van der Waals surface area contributed by atoms with Crippen molar-refractivity contribution in [3.63, 3.8) is 0 Å². The van der Waals surface area contributed by atoms with Gasteiger partial charge >= 0.3 is 0 Å². The van der Waals surface area contributed by atoms with Crippen LogP contribution in [0.3, 0.4) is 0 Å². The fourth-order valence-corrected chi connectivity index (χ4v) is 4.36. The number of nitrogens with one attached hydrogen (secondary N) is 1. The number of rotatable bonds is 3. The summed E-state index contributed by atoms with van der Waals surface area (Å²) in [4.78, 5) is 29.2. The van der Waals surface area contributed by atoms with Gasteiger partial charge in [-0.05, 0) is 55.3 Å². The van der Waals surface area contributed by atoms with Gasteiger partial charge in [-0.25, -0.2) is 0 Å². The van der Waals surface area contributed by atoms with Crippen LogP contribution in [0.15, 0.2) is 75.1 Å². The topological polar surface area (TPSA) is 62.6 Å². The van der Waals surface area contributed by atoms with Crippen molar-refractivity contribution in [1.82, 2.24) is 0 Å². The largest absolute Gasteiger partial charge is 0.459 e. The molecule has 1 N–H and O–H groups in total. The molecule has 1 aromatic heterocycles. The first-order valence-corrected chi connectivity index (χ1v) is 9.62. The van der Waals surface area contributed by atoms with Crippen LogP contribution < -0.4 is 10.2 Å². The highest BCUT2D eigenvalue weighted by molar-refractivity contribution is 7.99. The van der Waals surface area contributed by atoms with E-state index in [4.69, 9.17) is 4.42 Å². The first kappa shape index (κ1) is 16.2. The molecule has 0 radical (unpaired) electrons. The molecule has 3 aromatic rings. The van der Waals surface area contributed by atoms with E-state index in [1.165, 1.54) is 6.26 Å². The van der Waals surface area contributed by atoms with Gasteiger partial charge in [0.25, 0.3) is 11.8 Å². The van der Waals surface area contributed by atoms with E-state index in [0.29, 0.717) is 5.69 Å². The lowest BCUT2D eigenvalue weighted by Crippen LogP contribution is -2.32. The molecular weight excluding hydrogens is 360 g/mol. The first-order chi connectivity index (χ1) is 13.2. The maximum absolute atomic E-state index is 13.1. The smallest absolute Gasteiger partial charge is 0.291 e. The third kappa shape index (κ3) is 2.92. The Kier molecular flexibility index (Phi) is 3.79. The average molecular weight is 376 g/mol. The van der Waals surface area contributed by atoms with Crippen molar-refractivity contribution in [2.75, 3.05) is 10.2 Å². The number of benzene rings is 2. The van der Waals surface area contributed by atoms with Crippen LogP contribution in [0.4, 0.5) is 11.4 Å². The van der Waals surface area contributed by atoms with E-state index in [0.717, 1.165) is 33.9 Å². The summed E-state index contributed by atoms with van der Waals surface area (Å²) in [6.45, 7) is 0. The van der Waals surface area contributed by atoms with Crippen LogP contribution >= 0.6 is 11.8 Å². The van der Waals surface area contributed by atoms with Gasteiger partial charge in [-0.3, -0.25) is 9.59 Å². The Labute approximate surface area is 160 Å². The second kappa shape index (κ2) is 6.32. The van der Waals surface area contributed by atoms with Gasteiger partial charge in [-0.1, -0.05) is 23.9 Å². The normalized spacial score (nSPS) is 15.7. The SMILES string of the molecule is O=C(Nc1ccc2c(c1)Sc1ccccc1C(=O)N2C1CC1)c1ccco1. The van der Waals surface area contributed by atoms with Gasteiger partial charge in [0.1, 0.15) is 0 Å². The third-order valence-electron chi connectivity index (χ3n) is 4.69. The molecule has 27 heavy (non-hydrogen) atoms. The molecule has 1 saturated carbocycles. The van der Waals surface area contributed by atoms with E-state index < -0.39 is 0 Å². The van der Waals surface area contributed by atoms with Gasteiger partial charge in [-0.2, -0.15) is 0 Å². The van der Waals surface area contributed by atoms with Crippen molar-refractivity contribution in [1.29, 1.82) is 0 Å². The molecule has 0 bridgehead atoms. The van der Waals surface area contributed by atoms with Gasteiger partial charge < -0.3 is 14.6 Å². The number of furan rings is 1. The molecule has 5 nitrogen and oxygen atoms in total. The number of nitrogens with zero attached hydrogens (tertiary/aromatic N) is 1. The first-order valence-electron chi connectivity index (χ1n) is 8.80. The van der Waals surface area contributed by atoms with E-state index in [1.807, 2.05) is 47.4 Å². The highest BCUT2D eigenvalue weighted by atomic mass is 32.2. The van der Waals surface area contributed by atoms with E-state index in [-0.39, 0.29) is 23.6 Å². The van der Waals surface area contributed by atoms with Crippen molar-refractivity contribution in [3.8, 4) is 0 Å². The van der Waals surface area contributed by atoms with E-state index >= 15 is 0 Å². The second-order valence-electron chi connectivity index (χ2n) is 6.62. The van der Waals surface area contributed by atoms with Crippen molar-refractivity contribution in [2.45, 2.75) is 28.7 Å². The third-order valence-corrected chi connectivity index (χ3v) is 5.81. The Balaban J connectivity index is 1.54. The molecule has 0 atom stereocenters. The van der Waals surface area contributed by atoms with Crippen LogP contribution in [0.5, 0.6) is 0 Å². The fourth-order valence-electron chi connectivity index (χ4n) is 3.26. The number of amides is 2. The monoisotopic (exact) mass is 376 g/mol. The minimum absolute atomic E-state index is 0.0479. The number of hydrogen-bond donors (Lipinski definition) is 1. The maximum atomic E-state index is 13.1. The molecule has 0 unspecified atom stereocenters. The minimum atomic E-state index is -0.297. The Morgan fingerprint density at radius 2 is 1.93 bits per heavy atom. The Morgan fingerprint density at radius 3 is 2.70 bits per heavy atom. The molecule has 2 aliphatic rings. The molecule has 2 amide bonds. The van der Waals surface area contributed by atoms with Crippen molar-refractivity contribution < 1.29 is 14.0 Å². The zero-order chi connectivity index (χ0) is 18.4. The number of fused-ring (bicyclic) bond motifs is 2. The van der Waals surface area contributed by atoms with Crippen LogP contribution in [0.25, 0.3) is 0 Å². The molecule has 1 aliphatic heterocycles. The molecule has 6 heteroatoms. The highest BCUT2D eigenvalue weighted by Crippen LogP contribution is 2.46. The predicted octanol–water partition coefficient (Wildman–Crippen LogP) is 4.81. The number of anilines is 2.